The first-order valence-electron chi connectivity index (χ1n) is 5.47. The van der Waals surface area contributed by atoms with Crippen molar-refractivity contribution in [3.63, 3.8) is 0 Å². The third-order valence-electron chi connectivity index (χ3n) is 2.14. The Morgan fingerprint density at radius 3 is 2.71 bits per heavy atom. The molecule has 0 bridgehead atoms. The molecule has 0 unspecified atom stereocenters. The Labute approximate surface area is 130 Å². The molecule has 0 radical (unpaired) electrons. The fourth-order valence-corrected chi connectivity index (χ4v) is 2.36. The van der Waals surface area contributed by atoms with Crippen LogP contribution in [-0.4, -0.2) is 16.5 Å². The molecule has 0 saturated carbocycles. The Bertz CT molecular complexity index is 640. The molecule has 112 valence electrons. The summed E-state index contributed by atoms with van der Waals surface area (Å²) in [6, 6.07) is 6.89. The minimum absolute atomic E-state index is 0.0837. The zero-order chi connectivity index (χ0) is 15.5. The summed E-state index contributed by atoms with van der Waals surface area (Å²) < 4.78 is 43.5. The second-order valence-electron chi connectivity index (χ2n) is 3.75. The van der Waals surface area contributed by atoms with E-state index in [1.165, 1.54) is 30.5 Å². The standard InChI is InChI=1S/C12H8BrF3N2O2S/c13-7-4-10(19)11(17-6-7)18-21-9-3-1-2-8(5-9)20-12(14,15)16/h1-6,19H,(H,17,18). The van der Waals surface area contributed by atoms with Crippen LogP contribution in [0.15, 0.2) is 45.9 Å². The van der Waals surface area contributed by atoms with E-state index in [-0.39, 0.29) is 17.3 Å². The van der Waals surface area contributed by atoms with Gasteiger partial charge >= 0.3 is 6.36 Å². The van der Waals surface area contributed by atoms with Gasteiger partial charge in [0.25, 0.3) is 0 Å². The smallest absolute Gasteiger partial charge is 0.504 e. The van der Waals surface area contributed by atoms with Gasteiger partial charge in [0.15, 0.2) is 11.6 Å². The van der Waals surface area contributed by atoms with Crippen molar-refractivity contribution < 1.29 is 23.0 Å². The Kier molecular flexibility index (Phi) is 4.84. The quantitative estimate of drug-likeness (QED) is 0.761. The minimum Gasteiger partial charge on any atom is -0.504 e. The summed E-state index contributed by atoms with van der Waals surface area (Å²) in [6.45, 7) is 0. The summed E-state index contributed by atoms with van der Waals surface area (Å²) in [4.78, 5) is 4.41. The van der Waals surface area contributed by atoms with Crippen molar-refractivity contribution in [1.82, 2.24) is 4.98 Å². The normalized spacial score (nSPS) is 11.2. The van der Waals surface area contributed by atoms with Crippen molar-refractivity contribution >= 4 is 33.7 Å². The number of nitrogens with one attached hydrogen (secondary N) is 1. The van der Waals surface area contributed by atoms with E-state index in [1.807, 2.05) is 0 Å². The highest BCUT2D eigenvalue weighted by Crippen LogP contribution is 2.31. The number of anilines is 1. The fourth-order valence-electron chi connectivity index (χ4n) is 1.35. The highest BCUT2D eigenvalue weighted by molar-refractivity contribution is 9.10. The first-order valence-corrected chi connectivity index (χ1v) is 7.07. The van der Waals surface area contributed by atoms with Crippen molar-refractivity contribution in [3.8, 4) is 11.5 Å². The number of aromatic hydroxyl groups is 1. The molecule has 9 heteroatoms. The van der Waals surface area contributed by atoms with E-state index in [9.17, 15) is 18.3 Å². The molecule has 2 rings (SSSR count). The molecule has 4 nitrogen and oxygen atoms in total. The number of hydrogen-bond donors (Lipinski definition) is 2. The second kappa shape index (κ2) is 6.44. The average Bonchev–Trinajstić information content (AvgIpc) is 2.36. The van der Waals surface area contributed by atoms with Crippen molar-refractivity contribution in [1.29, 1.82) is 0 Å². The molecule has 0 aliphatic rings. The summed E-state index contributed by atoms with van der Waals surface area (Å²) in [5.74, 6) is -0.202. The number of pyridine rings is 1. The Morgan fingerprint density at radius 2 is 2.05 bits per heavy atom. The summed E-state index contributed by atoms with van der Waals surface area (Å²) in [5.41, 5.74) is 0. The molecule has 2 aromatic rings. The van der Waals surface area contributed by atoms with Crippen molar-refractivity contribution in [3.05, 3.63) is 41.0 Å². The van der Waals surface area contributed by atoms with Crippen LogP contribution in [0.1, 0.15) is 0 Å². The third-order valence-corrected chi connectivity index (χ3v) is 3.36. The molecule has 1 aromatic carbocycles. The molecular weight excluding hydrogens is 373 g/mol. The van der Waals surface area contributed by atoms with Gasteiger partial charge < -0.3 is 14.6 Å². The predicted octanol–water partition coefficient (Wildman–Crippen LogP) is 4.57. The van der Waals surface area contributed by atoms with Crippen LogP contribution in [0, 0.1) is 0 Å². The summed E-state index contributed by atoms with van der Waals surface area (Å²) in [5, 5.41) is 9.64. The monoisotopic (exact) mass is 380 g/mol. The molecule has 0 amide bonds. The Balaban J connectivity index is 2.05. The van der Waals surface area contributed by atoms with E-state index in [4.69, 9.17) is 0 Å². The Hall–Kier alpha value is -1.61. The number of nitrogens with zero attached hydrogens (tertiary/aromatic N) is 1. The van der Waals surface area contributed by atoms with Crippen LogP contribution in [0.5, 0.6) is 11.5 Å². The lowest BCUT2D eigenvalue weighted by Crippen LogP contribution is -2.17. The first kappa shape index (κ1) is 15.8. The third kappa shape index (κ3) is 5.01. The topological polar surface area (TPSA) is 54.4 Å². The maximum Gasteiger partial charge on any atom is 0.573 e. The molecule has 0 fully saturated rings. The number of ether oxygens (including phenoxy) is 1. The van der Waals surface area contributed by atoms with E-state index in [2.05, 4.69) is 30.4 Å². The first-order chi connectivity index (χ1) is 9.83. The fraction of sp³-hybridized carbons (Fsp3) is 0.0833. The minimum atomic E-state index is -4.73. The molecule has 0 atom stereocenters. The van der Waals surface area contributed by atoms with Crippen LogP contribution in [0.3, 0.4) is 0 Å². The molecule has 0 spiro atoms. The molecule has 1 aromatic heterocycles. The summed E-state index contributed by atoms with van der Waals surface area (Å²) >= 11 is 4.15. The number of hydrogen-bond acceptors (Lipinski definition) is 5. The van der Waals surface area contributed by atoms with Gasteiger partial charge in [0.1, 0.15) is 5.75 Å². The number of rotatable bonds is 4. The van der Waals surface area contributed by atoms with Crippen molar-refractivity contribution in [2.75, 3.05) is 4.72 Å². The van der Waals surface area contributed by atoms with Gasteiger partial charge in [-0.15, -0.1) is 13.2 Å². The molecule has 21 heavy (non-hydrogen) atoms. The zero-order valence-corrected chi connectivity index (χ0v) is 12.6. The highest BCUT2D eigenvalue weighted by Gasteiger charge is 2.31. The van der Waals surface area contributed by atoms with Gasteiger partial charge in [-0.2, -0.15) is 0 Å². The zero-order valence-electron chi connectivity index (χ0n) is 10.2. The van der Waals surface area contributed by atoms with Crippen LogP contribution in [0.25, 0.3) is 0 Å². The maximum atomic E-state index is 12.1. The lowest BCUT2D eigenvalue weighted by atomic mass is 10.3. The van der Waals surface area contributed by atoms with E-state index in [0.717, 1.165) is 11.9 Å². The van der Waals surface area contributed by atoms with E-state index in [1.54, 1.807) is 6.07 Å². The number of aromatic nitrogens is 1. The van der Waals surface area contributed by atoms with Crippen LogP contribution < -0.4 is 9.46 Å². The number of benzene rings is 1. The van der Waals surface area contributed by atoms with E-state index >= 15 is 0 Å². The van der Waals surface area contributed by atoms with Gasteiger partial charge in [0.05, 0.1) is 0 Å². The van der Waals surface area contributed by atoms with E-state index < -0.39 is 6.36 Å². The molecule has 0 aliphatic heterocycles. The molecular formula is C12H8BrF3N2O2S. The largest absolute Gasteiger partial charge is 0.573 e. The maximum absolute atomic E-state index is 12.1. The number of halogens is 4. The molecule has 1 heterocycles. The number of alkyl halides is 3. The van der Waals surface area contributed by atoms with Crippen LogP contribution in [0.4, 0.5) is 19.0 Å². The van der Waals surface area contributed by atoms with Gasteiger partial charge in [0.2, 0.25) is 0 Å². The van der Waals surface area contributed by atoms with Crippen molar-refractivity contribution in [2.24, 2.45) is 0 Å². The molecule has 2 N–H and O–H groups in total. The SMILES string of the molecule is Oc1cc(Br)cnc1NSc1cccc(OC(F)(F)F)c1. The lowest BCUT2D eigenvalue weighted by molar-refractivity contribution is -0.274. The molecule has 0 saturated heterocycles. The van der Waals surface area contributed by atoms with Gasteiger partial charge in [-0.1, -0.05) is 6.07 Å². The van der Waals surface area contributed by atoms with Crippen molar-refractivity contribution in [2.45, 2.75) is 11.3 Å². The molecule has 0 aliphatic carbocycles. The average molecular weight is 381 g/mol. The van der Waals surface area contributed by atoms with Crippen LogP contribution >= 0.6 is 27.9 Å². The highest BCUT2D eigenvalue weighted by atomic mass is 79.9. The summed E-state index contributed by atoms with van der Waals surface area (Å²) in [6.07, 6.45) is -3.26. The van der Waals surface area contributed by atoms with E-state index in [0.29, 0.717) is 9.37 Å². The lowest BCUT2D eigenvalue weighted by Gasteiger charge is -2.10. The predicted molar refractivity (Wildman–Crippen MR) is 76.2 cm³/mol. The van der Waals surface area contributed by atoms with Crippen LogP contribution in [0.2, 0.25) is 0 Å². The summed E-state index contributed by atoms with van der Waals surface area (Å²) in [7, 11) is 0. The van der Waals surface area contributed by atoms with Crippen LogP contribution in [-0.2, 0) is 0 Å². The van der Waals surface area contributed by atoms with Gasteiger partial charge in [-0.3, -0.25) is 0 Å². The van der Waals surface area contributed by atoms with Gasteiger partial charge in [-0.05, 0) is 52.1 Å². The second-order valence-corrected chi connectivity index (χ2v) is 5.54. The van der Waals surface area contributed by atoms with Gasteiger partial charge in [0, 0.05) is 15.6 Å². The van der Waals surface area contributed by atoms with Gasteiger partial charge in [-0.25, -0.2) is 4.98 Å². The Morgan fingerprint density at radius 1 is 1.29 bits per heavy atom.